The Bertz CT molecular complexity index is 482. The number of ether oxygens (including phenoxy) is 1. The molecule has 0 aromatic heterocycles. The molecule has 3 aliphatic rings. The van der Waals surface area contributed by atoms with Gasteiger partial charge in [-0.2, -0.15) is 0 Å². The van der Waals surface area contributed by atoms with Crippen LogP contribution in [0.1, 0.15) is 84.0 Å². The summed E-state index contributed by atoms with van der Waals surface area (Å²) in [7, 11) is 0. The molecule has 0 atom stereocenters. The van der Waals surface area contributed by atoms with Crippen molar-refractivity contribution in [3.05, 3.63) is 0 Å². The maximum Gasteiger partial charge on any atom is 0.309 e. The zero-order valence-electron chi connectivity index (χ0n) is 15.6. The van der Waals surface area contributed by atoms with Gasteiger partial charge in [0, 0.05) is 11.8 Å². The van der Waals surface area contributed by atoms with Crippen molar-refractivity contribution in [2.45, 2.75) is 96.2 Å². The minimum Gasteiger partial charge on any atom is -0.462 e. The molecular formula is C22H33FO2. The zero-order valence-corrected chi connectivity index (χ0v) is 15.6. The van der Waals surface area contributed by atoms with Crippen LogP contribution in [0.15, 0.2) is 0 Å². The van der Waals surface area contributed by atoms with Gasteiger partial charge in [-0.25, -0.2) is 4.39 Å². The summed E-state index contributed by atoms with van der Waals surface area (Å²) in [4.78, 5) is 12.3. The van der Waals surface area contributed by atoms with Crippen molar-refractivity contribution < 1.29 is 13.9 Å². The molecule has 25 heavy (non-hydrogen) atoms. The third kappa shape index (κ3) is 5.73. The molecule has 0 amide bonds. The van der Waals surface area contributed by atoms with Gasteiger partial charge in [0.15, 0.2) is 0 Å². The van der Waals surface area contributed by atoms with Gasteiger partial charge in [-0.05, 0) is 83.0 Å². The molecule has 0 aromatic carbocycles. The van der Waals surface area contributed by atoms with Gasteiger partial charge in [0.1, 0.15) is 12.3 Å². The van der Waals surface area contributed by atoms with Gasteiger partial charge >= 0.3 is 5.97 Å². The van der Waals surface area contributed by atoms with E-state index in [0.29, 0.717) is 37.5 Å². The van der Waals surface area contributed by atoms with Gasteiger partial charge < -0.3 is 4.74 Å². The van der Waals surface area contributed by atoms with Crippen molar-refractivity contribution in [3.63, 3.8) is 0 Å². The average Bonchev–Trinajstić information content (AvgIpc) is 2.63. The van der Waals surface area contributed by atoms with E-state index in [9.17, 15) is 9.18 Å². The lowest BCUT2D eigenvalue weighted by molar-refractivity contribution is -0.157. The van der Waals surface area contributed by atoms with Crippen molar-refractivity contribution in [1.29, 1.82) is 0 Å². The highest BCUT2D eigenvalue weighted by atomic mass is 19.1. The minimum atomic E-state index is -0.698. The molecule has 0 bridgehead atoms. The highest BCUT2D eigenvalue weighted by molar-refractivity contribution is 5.72. The molecule has 3 rings (SSSR count). The highest BCUT2D eigenvalue weighted by Gasteiger charge is 2.30. The van der Waals surface area contributed by atoms with Crippen LogP contribution in [0.2, 0.25) is 0 Å². The number of rotatable bonds is 2. The zero-order chi connectivity index (χ0) is 17.6. The predicted molar refractivity (Wildman–Crippen MR) is 97.6 cm³/mol. The van der Waals surface area contributed by atoms with Crippen LogP contribution in [0.25, 0.3) is 0 Å². The first-order valence-electron chi connectivity index (χ1n) is 10.5. The first-order valence-corrected chi connectivity index (χ1v) is 10.5. The Balaban J connectivity index is 1.37. The lowest BCUT2D eigenvalue weighted by Gasteiger charge is -2.29. The van der Waals surface area contributed by atoms with E-state index in [4.69, 9.17) is 4.74 Å². The van der Waals surface area contributed by atoms with Crippen LogP contribution in [0.3, 0.4) is 0 Å². The number of carbonyl (C=O) groups is 1. The van der Waals surface area contributed by atoms with E-state index in [1.807, 2.05) is 0 Å². The van der Waals surface area contributed by atoms with Crippen molar-refractivity contribution in [2.24, 2.45) is 23.7 Å². The summed E-state index contributed by atoms with van der Waals surface area (Å²) in [6.07, 6.45) is 10.7. The van der Waals surface area contributed by atoms with Crippen LogP contribution >= 0.6 is 0 Å². The first kappa shape index (κ1) is 18.7. The van der Waals surface area contributed by atoms with Crippen LogP contribution < -0.4 is 0 Å². The van der Waals surface area contributed by atoms with Crippen LogP contribution in [-0.2, 0) is 9.53 Å². The second kappa shape index (κ2) is 9.06. The maximum absolute atomic E-state index is 13.2. The Labute approximate surface area is 152 Å². The topological polar surface area (TPSA) is 26.3 Å². The van der Waals surface area contributed by atoms with E-state index in [-0.39, 0.29) is 18.0 Å². The molecule has 0 radical (unpaired) electrons. The summed E-state index contributed by atoms with van der Waals surface area (Å²) in [6.45, 7) is 2.34. The number of hydrogen-bond donors (Lipinski definition) is 0. The molecule has 0 aromatic rings. The second-order valence-electron chi connectivity index (χ2n) is 8.60. The Kier molecular flexibility index (Phi) is 6.79. The van der Waals surface area contributed by atoms with Gasteiger partial charge in [-0.3, -0.25) is 4.79 Å². The molecule has 3 fully saturated rings. The minimum absolute atomic E-state index is 0.0386. The standard InChI is InChI=1S/C22H33FO2/c1-16-2-4-17(5-3-16)6-7-18-8-10-19(11-9-18)22(24)25-21-14-12-20(23)13-15-21/h16-21H,2-5,8-15H2,1H3. The molecule has 0 unspecified atom stereocenters. The summed E-state index contributed by atoms with van der Waals surface area (Å²) < 4.78 is 18.8. The van der Waals surface area contributed by atoms with Crippen LogP contribution in [0.4, 0.5) is 4.39 Å². The van der Waals surface area contributed by atoms with Crippen molar-refractivity contribution in [3.8, 4) is 11.8 Å². The summed E-state index contributed by atoms with van der Waals surface area (Å²) in [5, 5.41) is 0. The van der Waals surface area contributed by atoms with E-state index in [1.165, 1.54) is 25.7 Å². The van der Waals surface area contributed by atoms with E-state index >= 15 is 0 Å². The highest BCUT2D eigenvalue weighted by Crippen LogP contribution is 2.32. The first-order chi connectivity index (χ1) is 12.1. The second-order valence-corrected chi connectivity index (χ2v) is 8.60. The van der Waals surface area contributed by atoms with Gasteiger partial charge in [-0.15, -0.1) is 0 Å². The van der Waals surface area contributed by atoms with E-state index < -0.39 is 6.17 Å². The summed E-state index contributed by atoms with van der Waals surface area (Å²) in [5.41, 5.74) is 0. The summed E-state index contributed by atoms with van der Waals surface area (Å²) >= 11 is 0. The average molecular weight is 349 g/mol. The quantitative estimate of drug-likeness (QED) is 0.490. The lowest BCUT2D eigenvalue weighted by Crippen LogP contribution is -2.30. The molecule has 0 saturated heterocycles. The van der Waals surface area contributed by atoms with Crippen molar-refractivity contribution >= 4 is 5.97 Å². The predicted octanol–water partition coefficient (Wildman–Crippen LogP) is 5.45. The van der Waals surface area contributed by atoms with Gasteiger partial charge in [0.05, 0.1) is 5.92 Å². The normalized spacial score (nSPS) is 39.1. The lowest BCUT2D eigenvalue weighted by atomic mass is 9.80. The summed E-state index contributed by atoms with van der Waals surface area (Å²) in [5.74, 6) is 8.96. The van der Waals surface area contributed by atoms with Crippen molar-refractivity contribution in [2.75, 3.05) is 0 Å². The molecule has 0 heterocycles. The number of hydrogen-bond acceptors (Lipinski definition) is 2. The Morgan fingerprint density at radius 2 is 1.32 bits per heavy atom. The molecule has 0 aliphatic heterocycles. The van der Waals surface area contributed by atoms with Crippen molar-refractivity contribution in [1.82, 2.24) is 0 Å². The van der Waals surface area contributed by atoms with E-state index in [1.54, 1.807) is 0 Å². The molecule has 140 valence electrons. The largest absolute Gasteiger partial charge is 0.462 e. The molecule has 3 aliphatic carbocycles. The van der Waals surface area contributed by atoms with Gasteiger partial charge in [-0.1, -0.05) is 18.8 Å². The Morgan fingerprint density at radius 3 is 1.88 bits per heavy atom. The monoisotopic (exact) mass is 348 g/mol. The Hall–Kier alpha value is -1.04. The fraction of sp³-hybridized carbons (Fsp3) is 0.864. The molecular weight excluding hydrogens is 315 g/mol. The van der Waals surface area contributed by atoms with E-state index in [0.717, 1.165) is 31.6 Å². The van der Waals surface area contributed by atoms with Crippen LogP contribution in [0.5, 0.6) is 0 Å². The Morgan fingerprint density at radius 1 is 0.800 bits per heavy atom. The van der Waals surface area contributed by atoms with Gasteiger partial charge in [0.2, 0.25) is 0 Å². The van der Waals surface area contributed by atoms with Crippen LogP contribution in [-0.4, -0.2) is 18.2 Å². The molecule has 0 spiro atoms. The number of esters is 1. The van der Waals surface area contributed by atoms with E-state index in [2.05, 4.69) is 18.8 Å². The van der Waals surface area contributed by atoms with Gasteiger partial charge in [0.25, 0.3) is 0 Å². The number of alkyl halides is 1. The number of halogens is 1. The van der Waals surface area contributed by atoms with Crippen LogP contribution in [0, 0.1) is 35.5 Å². The smallest absolute Gasteiger partial charge is 0.309 e. The number of carbonyl (C=O) groups excluding carboxylic acids is 1. The summed E-state index contributed by atoms with van der Waals surface area (Å²) in [6, 6.07) is 0. The molecule has 2 nitrogen and oxygen atoms in total. The fourth-order valence-corrected chi connectivity index (χ4v) is 4.51. The molecule has 0 N–H and O–H groups in total. The third-order valence-electron chi connectivity index (χ3n) is 6.45. The molecule has 3 heteroatoms. The maximum atomic E-state index is 13.2. The fourth-order valence-electron chi connectivity index (χ4n) is 4.51. The SMILES string of the molecule is CC1CCC(C#CC2CCC(C(=O)OC3CCC(F)CC3)CC2)CC1. The molecule has 3 saturated carbocycles. The third-order valence-corrected chi connectivity index (χ3v) is 6.45.